The number of carbonyl (C=O) groups is 8. The molecule has 2 saturated heterocycles. The van der Waals surface area contributed by atoms with E-state index in [-0.39, 0.29) is 61.5 Å². The van der Waals surface area contributed by atoms with E-state index >= 15 is 0 Å². The molecule has 0 unspecified atom stereocenters. The molecule has 0 aliphatic carbocycles. The topological polar surface area (TPSA) is 346 Å². The summed E-state index contributed by atoms with van der Waals surface area (Å²) in [7, 11) is -4.53. The third-order valence-corrected chi connectivity index (χ3v) is 34.1. The highest BCUT2D eigenvalue weighted by Crippen LogP contribution is 2.41. The molecule has 0 bridgehead atoms. The van der Waals surface area contributed by atoms with Crippen molar-refractivity contribution >= 4 is 64.0 Å². The molecular formula is C110H168N2O23Si2. The third kappa shape index (κ3) is 45.6. The summed E-state index contributed by atoms with van der Waals surface area (Å²) in [5, 5.41) is 36.9. The van der Waals surface area contributed by atoms with Gasteiger partial charge in [0.2, 0.25) is 5.91 Å². The lowest BCUT2D eigenvalue weighted by Gasteiger charge is -2.38. The number of ketones is 2. The van der Waals surface area contributed by atoms with Gasteiger partial charge in [-0.15, -0.1) is 11.8 Å². The second kappa shape index (κ2) is 61.1. The lowest BCUT2D eigenvalue weighted by molar-refractivity contribution is -0.187. The van der Waals surface area contributed by atoms with Crippen molar-refractivity contribution in [2.45, 2.75) is 373 Å². The fraction of sp³-hybridized carbons (Fsp3) is 0.636. The van der Waals surface area contributed by atoms with Crippen molar-refractivity contribution in [3.63, 3.8) is 0 Å². The lowest BCUT2D eigenvalue weighted by atomic mass is 9.82. The number of aliphatic hydroxyl groups is 2. The Morgan fingerprint density at radius 2 is 0.810 bits per heavy atom. The summed E-state index contributed by atoms with van der Waals surface area (Å²) in [5.41, 5.74) is 1.73. The molecular weight excluding hydrogens is 1770 g/mol. The van der Waals surface area contributed by atoms with Crippen LogP contribution in [0.3, 0.4) is 0 Å². The number of nitrogens with two attached hydrogens (primary N) is 1. The quantitative estimate of drug-likeness (QED) is 0.00521. The van der Waals surface area contributed by atoms with E-state index in [1.165, 1.54) is 57.4 Å². The molecule has 0 spiro atoms. The van der Waals surface area contributed by atoms with Crippen molar-refractivity contribution in [1.82, 2.24) is 5.32 Å². The number of benzene rings is 4. The fourth-order valence-electron chi connectivity index (χ4n) is 14.8. The monoisotopic (exact) mass is 1940 g/mol. The Bertz CT molecular complexity index is 4420. The molecule has 2 aliphatic heterocycles. The number of allylic oxidation sites excluding steroid dienone is 2. The number of unbranched alkanes of at least 4 members (excludes halogenated alkanes) is 16. The Balaban J connectivity index is 0.000000480. The smallest absolute Gasteiger partial charge is 0.339 e. The van der Waals surface area contributed by atoms with Crippen molar-refractivity contribution < 1.29 is 110 Å². The molecule has 0 aromatic heterocycles. The summed E-state index contributed by atoms with van der Waals surface area (Å²) >= 11 is 0. The van der Waals surface area contributed by atoms with Crippen molar-refractivity contribution in [1.29, 1.82) is 0 Å². The van der Waals surface area contributed by atoms with Gasteiger partial charge in [-0.2, -0.15) is 0 Å². The van der Waals surface area contributed by atoms with Gasteiger partial charge in [0, 0.05) is 69.3 Å². The molecule has 0 radical (unpaired) electrons. The van der Waals surface area contributed by atoms with Crippen molar-refractivity contribution in [2.24, 2.45) is 17.6 Å². The van der Waals surface area contributed by atoms with Gasteiger partial charge in [0.05, 0.1) is 32.3 Å². The predicted molar refractivity (Wildman–Crippen MR) is 543 cm³/mol. The highest BCUT2D eigenvalue weighted by Gasteiger charge is 2.52. The third-order valence-electron chi connectivity index (χ3n) is 25.1. The maximum Gasteiger partial charge on any atom is 0.339 e. The molecule has 6 rings (SSSR count). The Morgan fingerprint density at radius 1 is 0.467 bits per heavy atom. The molecule has 2 heterocycles. The van der Waals surface area contributed by atoms with Crippen LogP contribution in [0.2, 0.25) is 36.3 Å². The molecule has 137 heavy (non-hydrogen) atoms. The minimum absolute atomic E-state index is 0.0250. The zero-order valence-corrected chi connectivity index (χ0v) is 88.5. The molecule has 27 heteroatoms. The Hall–Kier alpha value is -8.69. The second-order valence-corrected chi connectivity index (χ2v) is 50.4. The zero-order chi connectivity index (χ0) is 102. The second-order valence-electron chi connectivity index (χ2n) is 40.8. The number of hydrogen-bond donors (Lipinski definition) is 5. The van der Waals surface area contributed by atoms with Crippen molar-refractivity contribution in [3.8, 4) is 35.2 Å². The average Bonchev–Trinajstić information content (AvgIpc) is 1.75. The van der Waals surface area contributed by atoms with Gasteiger partial charge < -0.3 is 82.6 Å². The van der Waals surface area contributed by atoms with Gasteiger partial charge in [-0.3, -0.25) is 24.0 Å². The standard InChI is InChI=1S/C55H83NO11Si.C34H64O8Si.C21H21NO4/c1-11-13-15-19-25-34-54(64-39-40-65-54)35-26-20-17-16-18-24-29-46(55(61,51(60)67-52(3,4)5)36-38-66-68(9,10)53(6,7)8)49(58)56-47(41-43-30-32-45(33-31-43)62-37-14-12-2)50(59)63-42-48(57)44-27-22-21-23-28-44;1-10-11-12-16-19-22-33(39-26-27-40-33)23-20-17-14-13-15-18-21-28(29(35)36)34(38,30(37)42-31(2,3)4)24-25-41-43(8,9)32(5,6)7;1-2-3-13-25-18-11-9-16(10-12-18)14-19(22)21(24)26-15-20(23)17-7-5-4-6-8-17/h21-24,27-33,46-47,61H,11,13,15-20,25-26,34-42H2,1-10H3,(H,56,58);18,21,28,38H,10-17,19-20,22-27H2,1-9H3,(H,35,36);4-12,19H,13-15,22H2,1H3/b29-24+;21-18+;/t46-,47+,55+;28-,34+;19-/m110/s1. The number of ether oxygens (including phenoxy) is 10. The number of carboxylic acids is 1. The zero-order valence-electron chi connectivity index (χ0n) is 86.5. The van der Waals surface area contributed by atoms with Gasteiger partial charge in [-0.25, -0.2) is 14.4 Å². The van der Waals surface area contributed by atoms with E-state index in [0.29, 0.717) is 80.5 Å². The van der Waals surface area contributed by atoms with Crippen LogP contribution < -0.4 is 20.5 Å². The number of carboxylic acid groups (broad SMARTS) is 1. The number of amides is 1. The van der Waals surface area contributed by atoms with Crippen LogP contribution in [-0.4, -0.2) is 191 Å². The van der Waals surface area contributed by atoms with Gasteiger partial charge in [-0.05, 0) is 185 Å². The number of aliphatic carboxylic acids is 1. The van der Waals surface area contributed by atoms with E-state index in [1.807, 2.05) is 24.3 Å². The molecule has 6 atom stereocenters. The minimum Gasteiger partial charge on any atom is -0.481 e. The summed E-state index contributed by atoms with van der Waals surface area (Å²) in [6, 6.07) is 29.2. The van der Waals surface area contributed by atoms with Gasteiger partial charge in [-0.1, -0.05) is 254 Å². The van der Waals surface area contributed by atoms with E-state index in [2.05, 4.69) is 111 Å². The van der Waals surface area contributed by atoms with E-state index in [9.17, 15) is 53.7 Å². The molecule has 2 fully saturated rings. The summed E-state index contributed by atoms with van der Waals surface area (Å²) < 4.78 is 70.0. The first-order chi connectivity index (χ1) is 64.6. The highest BCUT2D eigenvalue weighted by atomic mass is 28.4. The van der Waals surface area contributed by atoms with E-state index in [4.69, 9.17) is 62.0 Å². The first kappa shape index (κ1) is 121. The van der Waals surface area contributed by atoms with Crippen LogP contribution in [0, 0.1) is 35.5 Å². The van der Waals surface area contributed by atoms with Crippen LogP contribution in [0.15, 0.2) is 133 Å². The number of carbonyl (C=O) groups excluding carboxylic acids is 7. The van der Waals surface area contributed by atoms with Crippen LogP contribution in [0.25, 0.3) is 0 Å². The molecule has 6 N–H and O–H groups in total. The maximum absolute atomic E-state index is 14.8. The predicted octanol–water partition coefficient (Wildman–Crippen LogP) is 21.2. The number of hydrogen-bond acceptors (Lipinski definition) is 23. The van der Waals surface area contributed by atoms with Crippen molar-refractivity contribution in [2.75, 3.05) is 66.1 Å². The Morgan fingerprint density at radius 3 is 1.16 bits per heavy atom. The van der Waals surface area contributed by atoms with Gasteiger partial charge in [0.1, 0.15) is 53.9 Å². The molecule has 4 aromatic carbocycles. The first-order valence-corrected chi connectivity index (χ1v) is 55.6. The summed E-state index contributed by atoms with van der Waals surface area (Å²) in [4.78, 5) is 106. The average molecular weight is 1940 g/mol. The van der Waals surface area contributed by atoms with Crippen LogP contribution in [0.5, 0.6) is 11.5 Å². The number of esters is 4. The SMILES string of the molecule is CC#CCOc1ccc(C[C@H](N)C(=O)OCC(=O)c2ccccc2)cc1.CC#CCOc1ccc(C[C@H](NC(=O)[C@@H](/C=C/CCCCCCC2(CCCCCCC)OCCO2)[C@@](O)(CCO[Si](C)(C)C(C)(C)C)C(=O)OC(C)(C)C)C(=O)OCC(=O)c2ccccc2)cc1.CCCCCCCC1(CCCCCC/C=C/[C@H](C(=O)O)[C@@](O)(CCO[Si](C)(C)C(C)(C)C)C(=O)OC(C)(C)C)OCCO1. The van der Waals surface area contributed by atoms with Crippen LogP contribution in [-0.2, 0) is 88.4 Å². The molecule has 1 amide bonds. The lowest BCUT2D eigenvalue weighted by Crippen LogP contribution is -2.57. The van der Waals surface area contributed by atoms with E-state index in [1.54, 1.807) is 159 Å². The van der Waals surface area contributed by atoms with Gasteiger partial charge >= 0.3 is 29.8 Å². The normalized spacial score (nSPS) is 15.6. The minimum atomic E-state index is -2.40. The van der Waals surface area contributed by atoms with Gasteiger partial charge in [0.25, 0.3) is 0 Å². The molecule has 25 nitrogen and oxygen atoms in total. The number of nitrogens with one attached hydrogen (secondary N) is 1. The van der Waals surface area contributed by atoms with Crippen molar-refractivity contribution in [3.05, 3.63) is 156 Å². The highest BCUT2D eigenvalue weighted by molar-refractivity contribution is 6.74. The van der Waals surface area contributed by atoms with E-state index in [0.717, 1.165) is 95.5 Å². The first-order valence-electron chi connectivity index (χ1n) is 49.7. The van der Waals surface area contributed by atoms with Crippen LogP contribution >= 0.6 is 0 Å². The fourth-order valence-corrected chi connectivity index (χ4v) is 16.9. The molecule has 4 aromatic rings. The molecule has 2 aliphatic rings. The number of Topliss-reactive ketones (excluding diaryl/α,β-unsaturated/α-hetero) is 2. The summed E-state index contributed by atoms with van der Waals surface area (Å²) in [6.45, 7) is 41.3. The summed E-state index contributed by atoms with van der Waals surface area (Å²) in [6.07, 6.45) is 30.9. The maximum atomic E-state index is 14.8. The van der Waals surface area contributed by atoms with Crippen LogP contribution in [0.1, 0.15) is 310 Å². The van der Waals surface area contributed by atoms with Gasteiger partial charge in [0.15, 0.2) is 64.2 Å². The largest absolute Gasteiger partial charge is 0.481 e. The Labute approximate surface area is 822 Å². The van der Waals surface area contributed by atoms with Crippen LogP contribution in [0.4, 0.5) is 0 Å². The molecule has 0 saturated carbocycles. The summed E-state index contributed by atoms with van der Waals surface area (Å²) in [5.74, 6) is 2.47. The van der Waals surface area contributed by atoms with E-state index < -0.39 is 123 Å². The molecule has 764 valence electrons. The number of rotatable bonds is 59. The Kier molecular flexibility index (Phi) is 53.8.